The summed E-state index contributed by atoms with van der Waals surface area (Å²) in [5.41, 5.74) is 0.577. The highest BCUT2D eigenvalue weighted by atomic mass is 16.2. The predicted molar refractivity (Wildman–Crippen MR) is 67.3 cm³/mol. The number of aliphatic hydroxyl groups is 1. The number of piperazine rings is 1. The van der Waals surface area contributed by atoms with Gasteiger partial charge in [0.1, 0.15) is 19.7 Å². The Kier molecular flexibility index (Phi) is 4.08. The summed E-state index contributed by atoms with van der Waals surface area (Å²) < 4.78 is 0. The van der Waals surface area contributed by atoms with Crippen LogP contribution in [-0.2, 0) is 9.59 Å². The molecule has 0 saturated carbocycles. The van der Waals surface area contributed by atoms with E-state index in [1.807, 2.05) is 0 Å². The van der Waals surface area contributed by atoms with E-state index in [4.69, 9.17) is 5.11 Å². The second-order valence-electron chi connectivity index (χ2n) is 4.01. The van der Waals surface area contributed by atoms with E-state index in [2.05, 4.69) is 22.1 Å². The maximum Gasteiger partial charge on any atom is 0.256 e. The fraction of sp³-hybridized carbons (Fsp3) is 0.231. The minimum atomic E-state index is -0.522. The summed E-state index contributed by atoms with van der Waals surface area (Å²) >= 11 is 0. The van der Waals surface area contributed by atoms with Crippen LogP contribution in [0, 0.1) is 11.8 Å². The van der Waals surface area contributed by atoms with E-state index in [0.717, 1.165) is 4.90 Å². The minimum Gasteiger partial charge on any atom is -0.384 e. The van der Waals surface area contributed by atoms with Crippen molar-refractivity contribution in [3.8, 4) is 11.8 Å². The van der Waals surface area contributed by atoms with E-state index < -0.39 is 17.7 Å². The fourth-order valence-corrected chi connectivity index (χ4v) is 1.77. The Morgan fingerprint density at radius 3 is 2.75 bits per heavy atom. The first-order chi connectivity index (χ1) is 9.61. The monoisotopic (exact) mass is 273 g/mol. The zero-order chi connectivity index (χ0) is 14.5. The average Bonchev–Trinajstić information content (AvgIpc) is 2.43. The molecular formula is C13H11N3O4. The number of hydrogen-bond acceptors (Lipinski definition) is 5. The number of carbonyl (C=O) groups is 3. The molecule has 0 bridgehead atoms. The van der Waals surface area contributed by atoms with Gasteiger partial charge in [-0.3, -0.25) is 24.7 Å². The Morgan fingerprint density at radius 2 is 2.10 bits per heavy atom. The molecule has 1 aliphatic rings. The van der Waals surface area contributed by atoms with Gasteiger partial charge in [0, 0.05) is 12.4 Å². The Morgan fingerprint density at radius 1 is 1.40 bits per heavy atom. The lowest BCUT2D eigenvalue weighted by Crippen LogP contribution is -2.53. The number of imide groups is 1. The molecule has 7 heteroatoms. The summed E-state index contributed by atoms with van der Waals surface area (Å²) in [7, 11) is 0. The lowest BCUT2D eigenvalue weighted by molar-refractivity contribution is -0.135. The third kappa shape index (κ3) is 2.99. The van der Waals surface area contributed by atoms with Gasteiger partial charge in [-0.2, -0.15) is 0 Å². The smallest absolute Gasteiger partial charge is 0.256 e. The highest BCUT2D eigenvalue weighted by Gasteiger charge is 2.28. The second-order valence-corrected chi connectivity index (χ2v) is 4.01. The van der Waals surface area contributed by atoms with Crippen molar-refractivity contribution in [2.45, 2.75) is 0 Å². The number of pyridine rings is 1. The van der Waals surface area contributed by atoms with Crippen LogP contribution in [0.25, 0.3) is 0 Å². The maximum atomic E-state index is 12.3. The van der Waals surface area contributed by atoms with Crippen molar-refractivity contribution in [2.24, 2.45) is 0 Å². The van der Waals surface area contributed by atoms with Crippen molar-refractivity contribution in [3.05, 3.63) is 29.6 Å². The third-order valence-electron chi connectivity index (χ3n) is 2.59. The van der Waals surface area contributed by atoms with Crippen LogP contribution in [0.2, 0.25) is 0 Å². The molecule has 0 spiro atoms. The Bertz CT molecular complexity index is 614. The molecule has 2 rings (SSSR count). The van der Waals surface area contributed by atoms with Crippen molar-refractivity contribution < 1.29 is 19.5 Å². The topological polar surface area (TPSA) is 99.6 Å². The van der Waals surface area contributed by atoms with E-state index in [0.29, 0.717) is 5.56 Å². The molecule has 1 aromatic rings. The van der Waals surface area contributed by atoms with Crippen LogP contribution in [-0.4, -0.2) is 52.4 Å². The minimum absolute atomic E-state index is 0.181. The third-order valence-corrected chi connectivity index (χ3v) is 2.59. The summed E-state index contributed by atoms with van der Waals surface area (Å²) in [5, 5.41) is 10.8. The molecule has 0 atom stereocenters. The van der Waals surface area contributed by atoms with E-state index in [-0.39, 0.29) is 25.3 Å². The standard InChI is InChI=1S/C13H11N3O4/c17-5-1-2-9-6-14-4-3-10(9)13(20)16-7-11(18)15-12(19)8-16/h3-4,6,17H,5,7-8H2,(H,15,18,19). The second kappa shape index (κ2) is 5.95. The van der Waals surface area contributed by atoms with Gasteiger partial charge < -0.3 is 10.0 Å². The number of carbonyl (C=O) groups excluding carboxylic acids is 3. The van der Waals surface area contributed by atoms with Gasteiger partial charge in [0.05, 0.1) is 11.1 Å². The van der Waals surface area contributed by atoms with Crippen LogP contribution in [0.4, 0.5) is 0 Å². The zero-order valence-electron chi connectivity index (χ0n) is 10.4. The number of nitrogens with zero attached hydrogens (tertiary/aromatic N) is 2. The summed E-state index contributed by atoms with van der Waals surface area (Å²) in [4.78, 5) is 39.9. The lowest BCUT2D eigenvalue weighted by atomic mass is 10.1. The Hall–Kier alpha value is -2.72. The van der Waals surface area contributed by atoms with E-state index in [1.54, 1.807) is 0 Å². The van der Waals surface area contributed by atoms with Gasteiger partial charge in [0.2, 0.25) is 11.8 Å². The number of hydrogen-bond donors (Lipinski definition) is 2. The molecule has 1 fully saturated rings. The molecule has 7 nitrogen and oxygen atoms in total. The zero-order valence-corrected chi connectivity index (χ0v) is 10.4. The van der Waals surface area contributed by atoms with Crippen LogP contribution < -0.4 is 5.32 Å². The molecule has 102 valence electrons. The normalized spacial score (nSPS) is 14.3. The van der Waals surface area contributed by atoms with Gasteiger partial charge in [-0.25, -0.2) is 0 Å². The van der Waals surface area contributed by atoms with Crippen LogP contribution in [0.1, 0.15) is 15.9 Å². The quantitative estimate of drug-likeness (QED) is 0.480. The molecule has 3 amide bonds. The van der Waals surface area contributed by atoms with Crippen LogP contribution in [0.3, 0.4) is 0 Å². The van der Waals surface area contributed by atoms with Crippen LogP contribution >= 0.6 is 0 Å². The molecule has 1 aliphatic heterocycles. The van der Waals surface area contributed by atoms with E-state index >= 15 is 0 Å². The fourth-order valence-electron chi connectivity index (χ4n) is 1.77. The molecule has 20 heavy (non-hydrogen) atoms. The molecule has 0 aliphatic carbocycles. The van der Waals surface area contributed by atoms with Gasteiger partial charge >= 0.3 is 0 Å². The largest absolute Gasteiger partial charge is 0.384 e. The SMILES string of the molecule is O=C1CN(C(=O)c2ccncc2C#CCO)CC(=O)N1. The first kappa shape index (κ1) is 13.7. The van der Waals surface area contributed by atoms with Crippen molar-refractivity contribution in [3.63, 3.8) is 0 Å². The highest BCUT2D eigenvalue weighted by molar-refractivity contribution is 6.06. The molecule has 0 aromatic carbocycles. The molecule has 1 aromatic heterocycles. The molecular weight excluding hydrogens is 262 g/mol. The van der Waals surface area contributed by atoms with Gasteiger partial charge in [-0.1, -0.05) is 11.8 Å². The van der Waals surface area contributed by atoms with Crippen LogP contribution in [0.15, 0.2) is 18.5 Å². The maximum absolute atomic E-state index is 12.3. The van der Waals surface area contributed by atoms with Gasteiger partial charge in [-0.15, -0.1) is 0 Å². The lowest BCUT2D eigenvalue weighted by Gasteiger charge is -2.25. The van der Waals surface area contributed by atoms with Crippen molar-refractivity contribution in [1.82, 2.24) is 15.2 Å². The molecule has 1 saturated heterocycles. The molecule has 0 radical (unpaired) electrons. The molecule has 0 unspecified atom stereocenters. The van der Waals surface area contributed by atoms with Gasteiger partial charge in [0.15, 0.2) is 0 Å². The Balaban J connectivity index is 2.29. The van der Waals surface area contributed by atoms with Crippen LogP contribution in [0.5, 0.6) is 0 Å². The number of amides is 3. The summed E-state index contributed by atoms with van der Waals surface area (Å²) in [6.07, 6.45) is 2.81. The number of aromatic nitrogens is 1. The van der Waals surface area contributed by atoms with Crippen molar-refractivity contribution in [1.29, 1.82) is 0 Å². The Labute approximate surface area is 114 Å². The first-order valence-electron chi connectivity index (χ1n) is 5.77. The molecule has 2 N–H and O–H groups in total. The highest BCUT2D eigenvalue weighted by Crippen LogP contribution is 2.10. The number of aliphatic hydroxyl groups excluding tert-OH is 1. The van der Waals surface area contributed by atoms with E-state index in [1.165, 1.54) is 18.5 Å². The predicted octanol–water partition coefficient (Wildman–Crippen LogP) is -1.48. The summed E-state index contributed by atoms with van der Waals surface area (Å²) in [6, 6.07) is 1.46. The number of nitrogens with one attached hydrogen (secondary N) is 1. The molecule has 2 heterocycles. The first-order valence-corrected chi connectivity index (χ1v) is 5.77. The number of rotatable bonds is 1. The summed E-state index contributed by atoms with van der Waals surface area (Å²) in [6.45, 7) is -0.702. The van der Waals surface area contributed by atoms with Crippen molar-refractivity contribution in [2.75, 3.05) is 19.7 Å². The summed E-state index contributed by atoms with van der Waals surface area (Å²) in [5.74, 6) is 3.52. The average molecular weight is 273 g/mol. The van der Waals surface area contributed by atoms with E-state index in [9.17, 15) is 14.4 Å². The van der Waals surface area contributed by atoms with Gasteiger partial charge in [0.25, 0.3) is 5.91 Å². The van der Waals surface area contributed by atoms with Crippen molar-refractivity contribution >= 4 is 17.7 Å². The van der Waals surface area contributed by atoms with Gasteiger partial charge in [-0.05, 0) is 6.07 Å².